The monoisotopic (exact) mass is 380 g/mol. The van der Waals surface area contributed by atoms with E-state index in [1.54, 1.807) is 12.1 Å². The van der Waals surface area contributed by atoms with Gasteiger partial charge in [-0.15, -0.1) is 0 Å². The second-order valence-corrected chi connectivity index (χ2v) is 7.50. The predicted octanol–water partition coefficient (Wildman–Crippen LogP) is 3.35. The molecule has 0 spiro atoms. The minimum Gasteiger partial charge on any atom is -0.493 e. The van der Waals surface area contributed by atoms with E-state index in [9.17, 15) is 22.0 Å². The number of sulfone groups is 1. The average Bonchev–Trinajstić information content (AvgIpc) is 2.60. The van der Waals surface area contributed by atoms with Crippen LogP contribution >= 0.6 is 0 Å². The van der Waals surface area contributed by atoms with Crippen LogP contribution in [0.25, 0.3) is 6.08 Å². The topological polar surface area (TPSA) is 69.7 Å². The van der Waals surface area contributed by atoms with Crippen LogP contribution in [0.1, 0.15) is 15.9 Å². The number of carbonyl (C=O) groups is 1. The lowest BCUT2D eigenvalue weighted by atomic mass is 10.0. The van der Waals surface area contributed by atoms with Crippen LogP contribution < -0.4 is 9.47 Å². The van der Waals surface area contributed by atoms with E-state index in [0.29, 0.717) is 5.56 Å². The SMILES string of the molecule is COc1cc(/C=C2\CS(=O)(=O)c3ccccc3C2=O)ccc1OC(F)F. The minimum atomic E-state index is -3.63. The Morgan fingerprint density at radius 1 is 1.12 bits per heavy atom. The third-order valence-corrected chi connectivity index (χ3v) is 5.57. The summed E-state index contributed by atoms with van der Waals surface area (Å²) in [5.41, 5.74) is 0.643. The van der Waals surface area contributed by atoms with Gasteiger partial charge < -0.3 is 9.47 Å². The summed E-state index contributed by atoms with van der Waals surface area (Å²) in [7, 11) is -2.34. The molecule has 8 heteroatoms. The quantitative estimate of drug-likeness (QED) is 0.761. The molecule has 0 unspecified atom stereocenters. The van der Waals surface area contributed by atoms with Crippen molar-refractivity contribution < 1.29 is 31.5 Å². The van der Waals surface area contributed by atoms with E-state index in [0.717, 1.165) is 0 Å². The number of alkyl halides is 2. The summed E-state index contributed by atoms with van der Waals surface area (Å²) in [6.45, 7) is -3.00. The highest BCUT2D eigenvalue weighted by molar-refractivity contribution is 7.91. The predicted molar refractivity (Wildman–Crippen MR) is 90.4 cm³/mol. The van der Waals surface area contributed by atoms with Crippen molar-refractivity contribution >= 4 is 21.7 Å². The number of benzene rings is 2. The Labute approximate surface area is 148 Å². The summed E-state index contributed by atoms with van der Waals surface area (Å²) < 4.78 is 58.9. The van der Waals surface area contributed by atoms with Gasteiger partial charge in [-0.05, 0) is 35.9 Å². The Morgan fingerprint density at radius 2 is 1.85 bits per heavy atom. The van der Waals surface area contributed by atoms with E-state index < -0.39 is 22.2 Å². The van der Waals surface area contributed by atoms with Crippen molar-refractivity contribution in [3.05, 3.63) is 59.2 Å². The van der Waals surface area contributed by atoms with Gasteiger partial charge in [-0.3, -0.25) is 4.79 Å². The molecule has 0 bridgehead atoms. The van der Waals surface area contributed by atoms with Crippen LogP contribution in [-0.2, 0) is 9.84 Å². The second-order valence-electron chi connectivity index (χ2n) is 5.54. The number of rotatable bonds is 4. The smallest absolute Gasteiger partial charge is 0.387 e. The molecular weight excluding hydrogens is 366 g/mol. The van der Waals surface area contributed by atoms with Gasteiger partial charge in [0, 0.05) is 11.1 Å². The van der Waals surface area contributed by atoms with E-state index >= 15 is 0 Å². The van der Waals surface area contributed by atoms with Gasteiger partial charge in [-0.25, -0.2) is 8.42 Å². The van der Waals surface area contributed by atoms with E-state index in [2.05, 4.69) is 4.74 Å². The Balaban J connectivity index is 2.02. The number of hydrogen-bond donors (Lipinski definition) is 0. The first-order valence-electron chi connectivity index (χ1n) is 7.52. The van der Waals surface area contributed by atoms with E-state index in [1.165, 1.54) is 43.5 Å². The summed E-state index contributed by atoms with van der Waals surface area (Å²) in [5.74, 6) is -0.925. The molecule has 26 heavy (non-hydrogen) atoms. The first-order valence-corrected chi connectivity index (χ1v) is 9.17. The lowest BCUT2D eigenvalue weighted by Gasteiger charge is -2.18. The Kier molecular flexibility index (Phi) is 4.78. The average molecular weight is 380 g/mol. The zero-order valence-corrected chi connectivity index (χ0v) is 14.4. The molecule has 2 aromatic rings. The lowest BCUT2D eigenvalue weighted by Crippen LogP contribution is -2.24. The molecule has 136 valence electrons. The van der Waals surface area contributed by atoms with Crippen LogP contribution in [0.3, 0.4) is 0 Å². The fourth-order valence-corrected chi connectivity index (χ4v) is 4.28. The van der Waals surface area contributed by atoms with Gasteiger partial charge in [0.05, 0.1) is 17.8 Å². The first kappa shape index (κ1) is 18.1. The van der Waals surface area contributed by atoms with Crippen molar-refractivity contribution in [2.45, 2.75) is 11.5 Å². The Hall–Kier alpha value is -2.74. The molecule has 1 aliphatic heterocycles. The first-order chi connectivity index (χ1) is 12.3. The lowest BCUT2D eigenvalue weighted by molar-refractivity contribution is -0.0512. The van der Waals surface area contributed by atoms with E-state index in [-0.39, 0.29) is 33.3 Å². The van der Waals surface area contributed by atoms with Crippen molar-refractivity contribution in [1.82, 2.24) is 0 Å². The number of ether oxygens (including phenoxy) is 2. The van der Waals surface area contributed by atoms with Gasteiger partial charge in [0.2, 0.25) is 0 Å². The van der Waals surface area contributed by atoms with Gasteiger partial charge in [-0.2, -0.15) is 8.78 Å². The zero-order chi connectivity index (χ0) is 18.9. The number of ketones is 1. The van der Waals surface area contributed by atoms with E-state index in [1.807, 2.05) is 0 Å². The summed E-state index contributed by atoms with van der Waals surface area (Å²) in [6.07, 6.45) is 1.41. The highest BCUT2D eigenvalue weighted by Crippen LogP contribution is 2.32. The maximum absolute atomic E-state index is 12.6. The molecule has 1 heterocycles. The normalized spacial score (nSPS) is 17.2. The van der Waals surface area contributed by atoms with Crippen LogP contribution in [0.4, 0.5) is 8.78 Å². The molecule has 0 aromatic heterocycles. The summed E-state index contributed by atoms with van der Waals surface area (Å²) in [5, 5.41) is 0. The molecule has 5 nitrogen and oxygen atoms in total. The highest BCUT2D eigenvalue weighted by Gasteiger charge is 2.32. The molecule has 2 aromatic carbocycles. The van der Waals surface area contributed by atoms with Crippen LogP contribution in [-0.4, -0.2) is 33.7 Å². The van der Waals surface area contributed by atoms with Crippen LogP contribution in [0.2, 0.25) is 0 Å². The summed E-state index contributed by atoms with van der Waals surface area (Å²) in [6, 6.07) is 10.1. The molecular formula is C18H14F2O5S. The Morgan fingerprint density at radius 3 is 2.54 bits per heavy atom. The van der Waals surface area contributed by atoms with Crippen LogP contribution in [0.5, 0.6) is 11.5 Å². The third-order valence-electron chi connectivity index (χ3n) is 3.85. The number of Topliss-reactive ketones (excluding diaryl/α,β-unsaturated/α-hetero) is 1. The van der Waals surface area contributed by atoms with Gasteiger partial charge in [0.15, 0.2) is 27.1 Å². The van der Waals surface area contributed by atoms with Crippen LogP contribution in [0, 0.1) is 0 Å². The molecule has 0 atom stereocenters. The Bertz CT molecular complexity index is 996. The van der Waals surface area contributed by atoms with Gasteiger partial charge >= 0.3 is 6.61 Å². The molecule has 3 rings (SSSR count). The number of fused-ring (bicyclic) bond motifs is 1. The van der Waals surface area contributed by atoms with Gasteiger partial charge in [-0.1, -0.05) is 18.2 Å². The van der Waals surface area contributed by atoms with Crippen molar-refractivity contribution in [2.24, 2.45) is 0 Å². The standard InChI is InChI=1S/C18H14F2O5S/c1-24-15-9-11(6-7-14(15)25-18(19)20)8-12-10-26(22,23)16-5-3-2-4-13(16)17(12)21/h2-9,18H,10H2,1H3/b12-8+. The minimum absolute atomic E-state index is 0.0143. The van der Waals surface area contributed by atoms with Gasteiger partial charge in [0.25, 0.3) is 0 Å². The van der Waals surface area contributed by atoms with Crippen molar-refractivity contribution in [2.75, 3.05) is 12.9 Å². The van der Waals surface area contributed by atoms with E-state index in [4.69, 9.17) is 4.74 Å². The molecule has 1 aliphatic rings. The molecule has 0 fully saturated rings. The molecule has 0 radical (unpaired) electrons. The van der Waals surface area contributed by atoms with Gasteiger partial charge in [0.1, 0.15) is 0 Å². The fourth-order valence-electron chi connectivity index (χ4n) is 2.72. The number of halogens is 2. The largest absolute Gasteiger partial charge is 0.493 e. The molecule has 0 N–H and O–H groups in total. The van der Waals surface area contributed by atoms with Crippen LogP contribution in [0.15, 0.2) is 52.9 Å². The fraction of sp³-hybridized carbons (Fsp3) is 0.167. The number of methoxy groups -OCH3 is 1. The highest BCUT2D eigenvalue weighted by atomic mass is 32.2. The summed E-state index contributed by atoms with van der Waals surface area (Å²) >= 11 is 0. The number of hydrogen-bond acceptors (Lipinski definition) is 5. The van der Waals surface area contributed by atoms with Crippen molar-refractivity contribution in [1.29, 1.82) is 0 Å². The molecule has 0 amide bonds. The zero-order valence-electron chi connectivity index (χ0n) is 13.6. The molecule has 0 aliphatic carbocycles. The third kappa shape index (κ3) is 3.45. The number of carbonyl (C=O) groups excluding carboxylic acids is 1. The van der Waals surface area contributed by atoms with Crippen molar-refractivity contribution in [3.8, 4) is 11.5 Å². The maximum atomic E-state index is 12.6. The molecule has 0 saturated carbocycles. The maximum Gasteiger partial charge on any atom is 0.387 e. The van der Waals surface area contributed by atoms with Crippen molar-refractivity contribution in [3.63, 3.8) is 0 Å². The molecule has 0 saturated heterocycles. The summed E-state index contributed by atoms with van der Waals surface area (Å²) in [4.78, 5) is 12.6. The second kappa shape index (κ2) is 6.87.